The highest BCUT2D eigenvalue weighted by atomic mass is 32.2. The maximum Gasteiger partial charge on any atom is 0.284 e. The van der Waals surface area contributed by atoms with Crippen molar-refractivity contribution in [3.05, 3.63) is 95.7 Å². The quantitative estimate of drug-likeness (QED) is 0.420. The standard InChI is InChI=1S/C24H23N3O4S/c1-17-9-12-20(13-10-17)32(28,29)27-16-23(25-26-27)21-14-11-19(30-2)15-22(21)24(31-3)18-7-5-4-6-8-18/h4-16,24H,1-3H3. The Bertz CT molecular complexity index is 1320. The van der Waals surface area contributed by atoms with E-state index >= 15 is 0 Å². The second-order valence-corrected chi connectivity index (χ2v) is 9.07. The molecule has 0 saturated carbocycles. The Kier molecular flexibility index (Phi) is 6.07. The highest BCUT2D eigenvalue weighted by molar-refractivity contribution is 7.89. The summed E-state index contributed by atoms with van der Waals surface area (Å²) in [5.74, 6) is 0.654. The predicted octanol–water partition coefficient (Wildman–Crippen LogP) is 4.23. The van der Waals surface area contributed by atoms with E-state index in [2.05, 4.69) is 10.3 Å². The summed E-state index contributed by atoms with van der Waals surface area (Å²) in [6, 6.07) is 21.8. The van der Waals surface area contributed by atoms with Crippen molar-refractivity contribution in [3.8, 4) is 17.0 Å². The SMILES string of the molecule is COc1ccc(-c2cn(S(=O)(=O)c3ccc(C)cc3)nn2)c(C(OC)c2ccccc2)c1. The number of hydrogen-bond donors (Lipinski definition) is 0. The van der Waals surface area contributed by atoms with Crippen molar-refractivity contribution < 1.29 is 17.9 Å². The fraction of sp³-hybridized carbons (Fsp3) is 0.167. The number of benzene rings is 3. The Hall–Kier alpha value is -3.49. The minimum atomic E-state index is -3.86. The smallest absolute Gasteiger partial charge is 0.284 e. The molecule has 1 heterocycles. The van der Waals surface area contributed by atoms with Gasteiger partial charge in [-0.05, 0) is 48.4 Å². The maximum absolute atomic E-state index is 13.0. The summed E-state index contributed by atoms with van der Waals surface area (Å²) in [6.45, 7) is 1.90. The molecule has 0 aliphatic rings. The van der Waals surface area contributed by atoms with Crippen molar-refractivity contribution in [1.29, 1.82) is 0 Å². The molecule has 0 bridgehead atoms. The average Bonchev–Trinajstić information content (AvgIpc) is 3.31. The number of methoxy groups -OCH3 is 2. The van der Waals surface area contributed by atoms with Crippen molar-refractivity contribution in [2.24, 2.45) is 0 Å². The van der Waals surface area contributed by atoms with Gasteiger partial charge in [0.25, 0.3) is 10.0 Å². The van der Waals surface area contributed by atoms with Crippen LogP contribution in [0.2, 0.25) is 0 Å². The number of aromatic nitrogens is 3. The van der Waals surface area contributed by atoms with Crippen LogP contribution in [0.1, 0.15) is 22.8 Å². The Morgan fingerprint density at radius 3 is 2.31 bits per heavy atom. The second-order valence-electron chi connectivity index (χ2n) is 7.27. The highest BCUT2D eigenvalue weighted by Gasteiger charge is 2.23. The van der Waals surface area contributed by atoms with Gasteiger partial charge in [0.2, 0.25) is 0 Å². The van der Waals surface area contributed by atoms with E-state index in [0.29, 0.717) is 17.0 Å². The van der Waals surface area contributed by atoms with Crippen molar-refractivity contribution in [1.82, 2.24) is 14.4 Å². The van der Waals surface area contributed by atoms with Crippen molar-refractivity contribution in [3.63, 3.8) is 0 Å². The van der Waals surface area contributed by atoms with Crippen molar-refractivity contribution >= 4 is 10.0 Å². The van der Waals surface area contributed by atoms with Crippen LogP contribution in [0.5, 0.6) is 5.75 Å². The van der Waals surface area contributed by atoms with Gasteiger partial charge in [-0.2, -0.15) is 8.42 Å². The molecule has 8 heteroatoms. The van der Waals surface area contributed by atoms with Gasteiger partial charge in [-0.25, -0.2) is 0 Å². The van der Waals surface area contributed by atoms with Gasteiger partial charge < -0.3 is 9.47 Å². The van der Waals surface area contributed by atoms with E-state index in [-0.39, 0.29) is 4.90 Å². The van der Waals surface area contributed by atoms with E-state index < -0.39 is 16.1 Å². The lowest BCUT2D eigenvalue weighted by Crippen LogP contribution is -2.13. The lowest BCUT2D eigenvalue weighted by molar-refractivity contribution is 0.136. The molecule has 4 rings (SSSR count). The van der Waals surface area contributed by atoms with Crippen LogP contribution < -0.4 is 4.74 Å². The molecule has 164 valence electrons. The van der Waals surface area contributed by atoms with E-state index in [1.807, 2.05) is 49.4 Å². The molecule has 3 aromatic carbocycles. The van der Waals surface area contributed by atoms with Gasteiger partial charge in [0.05, 0.1) is 18.2 Å². The summed E-state index contributed by atoms with van der Waals surface area (Å²) in [5.41, 5.74) is 3.82. The van der Waals surface area contributed by atoms with Crippen LogP contribution in [0.4, 0.5) is 0 Å². The van der Waals surface area contributed by atoms with Crippen LogP contribution in [-0.4, -0.2) is 37.0 Å². The third-order valence-electron chi connectivity index (χ3n) is 5.19. The summed E-state index contributed by atoms with van der Waals surface area (Å²) in [6.07, 6.45) is 1.01. The van der Waals surface area contributed by atoms with Gasteiger partial charge in [-0.1, -0.05) is 53.2 Å². The van der Waals surface area contributed by atoms with E-state index in [1.165, 1.54) is 6.20 Å². The van der Waals surface area contributed by atoms with Gasteiger partial charge in [-0.3, -0.25) is 0 Å². The number of ether oxygens (including phenoxy) is 2. The van der Waals surface area contributed by atoms with Gasteiger partial charge in [0.1, 0.15) is 17.5 Å². The number of rotatable bonds is 7. The number of hydrogen-bond acceptors (Lipinski definition) is 6. The predicted molar refractivity (Wildman–Crippen MR) is 121 cm³/mol. The Morgan fingerprint density at radius 2 is 1.66 bits per heavy atom. The van der Waals surface area contributed by atoms with Crippen LogP contribution in [0.25, 0.3) is 11.3 Å². The van der Waals surface area contributed by atoms with E-state index in [9.17, 15) is 8.42 Å². The summed E-state index contributed by atoms with van der Waals surface area (Å²) in [4.78, 5) is 0.147. The minimum absolute atomic E-state index is 0.147. The van der Waals surface area contributed by atoms with E-state index in [0.717, 1.165) is 20.8 Å². The Balaban J connectivity index is 1.80. The molecule has 0 aliphatic carbocycles. The largest absolute Gasteiger partial charge is 0.497 e. The molecule has 0 fully saturated rings. The molecule has 1 unspecified atom stereocenters. The number of aryl methyl sites for hydroxylation is 1. The monoisotopic (exact) mass is 449 g/mol. The molecule has 0 spiro atoms. The molecule has 1 aromatic heterocycles. The zero-order valence-corrected chi connectivity index (χ0v) is 18.8. The zero-order chi connectivity index (χ0) is 22.7. The maximum atomic E-state index is 13.0. The molecule has 1 atom stereocenters. The Labute approximate surface area is 187 Å². The first-order valence-electron chi connectivity index (χ1n) is 9.94. The molecule has 32 heavy (non-hydrogen) atoms. The van der Waals surface area contributed by atoms with Gasteiger partial charge in [0, 0.05) is 12.7 Å². The van der Waals surface area contributed by atoms with Gasteiger partial charge in [0.15, 0.2) is 0 Å². The van der Waals surface area contributed by atoms with Crippen molar-refractivity contribution in [2.45, 2.75) is 17.9 Å². The van der Waals surface area contributed by atoms with Gasteiger partial charge in [-0.15, -0.1) is 9.19 Å². The molecule has 0 N–H and O–H groups in total. The lowest BCUT2D eigenvalue weighted by atomic mass is 9.95. The summed E-state index contributed by atoms with van der Waals surface area (Å²) < 4.78 is 38.1. The molecular formula is C24H23N3O4S. The summed E-state index contributed by atoms with van der Waals surface area (Å²) in [5, 5.41) is 8.07. The fourth-order valence-electron chi connectivity index (χ4n) is 3.50. The summed E-state index contributed by atoms with van der Waals surface area (Å²) >= 11 is 0. The third-order valence-corrected chi connectivity index (χ3v) is 6.73. The number of nitrogens with zero attached hydrogens (tertiary/aromatic N) is 3. The molecule has 0 aliphatic heterocycles. The third kappa shape index (κ3) is 4.15. The molecular weight excluding hydrogens is 426 g/mol. The zero-order valence-electron chi connectivity index (χ0n) is 18.0. The van der Waals surface area contributed by atoms with E-state index in [1.54, 1.807) is 44.6 Å². The molecule has 7 nitrogen and oxygen atoms in total. The fourth-order valence-corrected chi connectivity index (χ4v) is 4.56. The first-order valence-corrected chi connectivity index (χ1v) is 11.4. The van der Waals surface area contributed by atoms with Gasteiger partial charge >= 0.3 is 0 Å². The van der Waals surface area contributed by atoms with Crippen LogP contribution >= 0.6 is 0 Å². The van der Waals surface area contributed by atoms with Crippen molar-refractivity contribution in [2.75, 3.05) is 14.2 Å². The molecule has 0 radical (unpaired) electrons. The topological polar surface area (TPSA) is 83.3 Å². The second kappa shape index (κ2) is 8.94. The van der Waals surface area contributed by atoms with Crippen LogP contribution in [0.3, 0.4) is 0 Å². The van der Waals surface area contributed by atoms with Crippen LogP contribution in [0, 0.1) is 6.92 Å². The first kappa shape index (κ1) is 21.7. The summed E-state index contributed by atoms with van der Waals surface area (Å²) in [7, 11) is -0.644. The molecule has 0 amide bonds. The average molecular weight is 450 g/mol. The molecule has 4 aromatic rings. The lowest BCUT2D eigenvalue weighted by Gasteiger charge is -2.20. The molecule has 0 saturated heterocycles. The minimum Gasteiger partial charge on any atom is -0.497 e. The first-order chi connectivity index (χ1) is 15.4. The van der Waals surface area contributed by atoms with Crippen LogP contribution in [0.15, 0.2) is 83.9 Å². The highest BCUT2D eigenvalue weighted by Crippen LogP contribution is 2.35. The Morgan fingerprint density at radius 1 is 0.938 bits per heavy atom. The van der Waals surface area contributed by atoms with E-state index in [4.69, 9.17) is 9.47 Å². The normalized spacial score (nSPS) is 12.5. The van der Waals surface area contributed by atoms with Crippen LogP contribution in [-0.2, 0) is 14.8 Å².